The van der Waals surface area contributed by atoms with Crippen LogP contribution in [0.5, 0.6) is 5.75 Å². The Labute approximate surface area is 120 Å². The summed E-state index contributed by atoms with van der Waals surface area (Å²) in [6.45, 7) is 7.98. The Kier molecular flexibility index (Phi) is 3.56. The SMILES string of the molecule is COc1c(B2OC(C)(C)C(C)(C)O2)ccc(N)c1C=N. The molecule has 0 atom stereocenters. The number of hydrogen-bond acceptors (Lipinski definition) is 5. The Morgan fingerprint density at radius 1 is 1.20 bits per heavy atom. The number of rotatable bonds is 3. The van der Waals surface area contributed by atoms with Gasteiger partial charge in [-0.05, 0) is 33.8 Å². The summed E-state index contributed by atoms with van der Waals surface area (Å²) >= 11 is 0. The number of nitrogens with one attached hydrogen (secondary N) is 1. The number of benzene rings is 1. The van der Waals surface area contributed by atoms with Gasteiger partial charge in [0, 0.05) is 17.4 Å². The van der Waals surface area contributed by atoms with Crippen LogP contribution < -0.4 is 15.9 Å². The molecule has 0 amide bonds. The van der Waals surface area contributed by atoms with E-state index in [9.17, 15) is 0 Å². The Morgan fingerprint density at radius 3 is 2.20 bits per heavy atom. The van der Waals surface area contributed by atoms with Crippen LogP contribution in [0.2, 0.25) is 0 Å². The predicted octanol–water partition coefficient (Wildman–Crippen LogP) is 1.57. The van der Waals surface area contributed by atoms with Crippen molar-refractivity contribution in [1.82, 2.24) is 0 Å². The first-order chi connectivity index (χ1) is 9.23. The fourth-order valence-corrected chi connectivity index (χ4v) is 2.16. The van der Waals surface area contributed by atoms with Crippen LogP contribution in [0.1, 0.15) is 33.3 Å². The van der Waals surface area contributed by atoms with E-state index in [0.29, 0.717) is 17.0 Å². The molecule has 6 heteroatoms. The topological polar surface area (TPSA) is 77.6 Å². The highest BCUT2D eigenvalue weighted by molar-refractivity contribution is 6.63. The fraction of sp³-hybridized carbons (Fsp3) is 0.500. The number of nitrogen functional groups attached to an aromatic ring is 1. The molecule has 20 heavy (non-hydrogen) atoms. The third-order valence-electron chi connectivity index (χ3n) is 4.12. The lowest BCUT2D eigenvalue weighted by Gasteiger charge is -2.32. The van der Waals surface area contributed by atoms with Crippen LogP contribution in [0.4, 0.5) is 5.69 Å². The molecule has 1 fully saturated rings. The van der Waals surface area contributed by atoms with Gasteiger partial charge in [0.05, 0.1) is 23.9 Å². The predicted molar refractivity (Wildman–Crippen MR) is 81.0 cm³/mol. The van der Waals surface area contributed by atoms with Crippen LogP contribution in [0.15, 0.2) is 12.1 Å². The normalized spacial score (nSPS) is 19.9. The van der Waals surface area contributed by atoms with Gasteiger partial charge < -0.3 is 25.2 Å². The molecule has 2 rings (SSSR count). The van der Waals surface area contributed by atoms with E-state index < -0.39 is 18.3 Å². The second-order valence-electron chi connectivity index (χ2n) is 5.92. The molecular weight excluding hydrogens is 255 g/mol. The summed E-state index contributed by atoms with van der Waals surface area (Å²) in [6, 6.07) is 3.56. The fourth-order valence-electron chi connectivity index (χ4n) is 2.16. The van der Waals surface area contributed by atoms with Crippen LogP contribution in [-0.2, 0) is 9.31 Å². The van der Waals surface area contributed by atoms with Gasteiger partial charge >= 0.3 is 7.12 Å². The maximum atomic E-state index is 7.49. The summed E-state index contributed by atoms with van der Waals surface area (Å²) in [4.78, 5) is 0. The monoisotopic (exact) mass is 276 g/mol. The molecule has 0 radical (unpaired) electrons. The van der Waals surface area contributed by atoms with Crippen molar-refractivity contribution in [3.8, 4) is 5.75 Å². The molecule has 1 aromatic carbocycles. The van der Waals surface area contributed by atoms with Gasteiger partial charge in [0.25, 0.3) is 0 Å². The van der Waals surface area contributed by atoms with Crippen LogP contribution >= 0.6 is 0 Å². The molecule has 1 aromatic rings. The summed E-state index contributed by atoms with van der Waals surface area (Å²) in [5.74, 6) is 0.526. The lowest BCUT2D eigenvalue weighted by molar-refractivity contribution is 0.00578. The summed E-state index contributed by atoms with van der Waals surface area (Å²) in [6.07, 6.45) is 1.18. The van der Waals surface area contributed by atoms with Gasteiger partial charge in [0.15, 0.2) is 0 Å². The van der Waals surface area contributed by atoms with E-state index in [4.69, 9.17) is 25.2 Å². The van der Waals surface area contributed by atoms with Crippen molar-refractivity contribution in [2.45, 2.75) is 38.9 Å². The number of ether oxygens (including phenoxy) is 1. The highest BCUT2D eigenvalue weighted by Crippen LogP contribution is 2.37. The van der Waals surface area contributed by atoms with Gasteiger partial charge in [-0.15, -0.1) is 0 Å². The van der Waals surface area contributed by atoms with Gasteiger partial charge in [-0.25, -0.2) is 0 Å². The Bertz CT molecular complexity index is 527. The lowest BCUT2D eigenvalue weighted by Crippen LogP contribution is -2.41. The maximum Gasteiger partial charge on any atom is 0.498 e. The van der Waals surface area contributed by atoms with E-state index >= 15 is 0 Å². The minimum atomic E-state index is -0.533. The van der Waals surface area contributed by atoms with E-state index in [1.54, 1.807) is 13.2 Å². The molecule has 0 spiro atoms. The standard InChI is InChI=1S/C14H21BN2O3/c1-13(2)14(3,4)20-15(19-13)10-6-7-11(17)9(8-16)12(10)18-5/h6-8,16H,17H2,1-5H3. The molecular formula is C14H21BN2O3. The zero-order valence-corrected chi connectivity index (χ0v) is 12.6. The number of hydrogen-bond donors (Lipinski definition) is 2. The van der Waals surface area contributed by atoms with Crippen molar-refractivity contribution in [3.63, 3.8) is 0 Å². The van der Waals surface area contributed by atoms with E-state index in [2.05, 4.69) is 0 Å². The van der Waals surface area contributed by atoms with Crippen molar-refractivity contribution in [2.75, 3.05) is 12.8 Å². The molecule has 3 N–H and O–H groups in total. The van der Waals surface area contributed by atoms with Gasteiger partial charge in [0.2, 0.25) is 0 Å². The first-order valence-corrected chi connectivity index (χ1v) is 6.56. The Balaban J connectivity index is 2.48. The van der Waals surface area contributed by atoms with Crippen molar-refractivity contribution in [1.29, 1.82) is 5.41 Å². The zero-order valence-electron chi connectivity index (χ0n) is 12.6. The van der Waals surface area contributed by atoms with E-state index in [0.717, 1.165) is 5.46 Å². The highest BCUT2D eigenvalue weighted by atomic mass is 16.7. The van der Waals surface area contributed by atoms with E-state index in [1.807, 2.05) is 33.8 Å². The number of anilines is 1. The first-order valence-electron chi connectivity index (χ1n) is 6.56. The van der Waals surface area contributed by atoms with Crippen LogP contribution in [0.25, 0.3) is 0 Å². The molecule has 0 unspecified atom stereocenters. The molecule has 0 bridgehead atoms. The van der Waals surface area contributed by atoms with Gasteiger partial charge in [-0.1, -0.05) is 6.07 Å². The van der Waals surface area contributed by atoms with Crippen molar-refractivity contribution >= 4 is 24.5 Å². The zero-order chi connectivity index (χ0) is 15.1. The molecule has 1 aliphatic rings. The molecule has 5 nitrogen and oxygen atoms in total. The molecule has 0 saturated carbocycles. The molecule has 0 aliphatic carbocycles. The Hall–Kier alpha value is -1.53. The summed E-state index contributed by atoms with van der Waals surface area (Å²) in [5.41, 5.74) is 6.81. The molecule has 1 aliphatic heterocycles. The minimum Gasteiger partial charge on any atom is -0.496 e. The number of methoxy groups -OCH3 is 1. The van der Waals surface area contributed by atoms with Crippen molar-refractivity contribution < 1.29 is 14.0 Å². The molecule has 1 heterocycles. The highest BCUT2D eigenvalue weighted by Gasteiger charge is 2.52. The second-order valence-corrected chi connectivity index (χ2v) is 5.92. The molecule has 0 aromatic heterocycles. The summed E-state index contributed by atoms with van der Waals surface area (Å²) < 4.78 is 17.4. The smallest absolute Gasteiger partial charge is 0.496 e. The molecule has 108 valence electrons. The van der Waals surface area contributed by atoms with Crippen LogP contribution in [0.3, 0.4) is 0 Å². The van der Waals surface area contributed by atoms with Crippen LogP contribution in [-0.4, -0.2) is 31.6 Å². The van der Waals surface area contributed by atoms with E-state index in [-0.39, 0.29) is 0 Å². The van der Waals surface area contributed by atoms with Gasteiger partial charge in [-0.3, -0.25) is 0 Å². The summed E-state index contributed by atoms with van der Waals surface area (Å²) in [7, 11) is 1.02. The average molecular weight is 276 g/mol. The van der Waals surface area contributed by atoms with Gasteiger partial charge in [-0.2, -0.15) is 0 Å². The minimum absolute atomic E-state index is 0.422. The third kappa shape index (κ3) is 2.19. The van der Waals surface area contributed by atoms with Gasteiger partial charge in [0.1, 0.15) is 5.75 Å². The van der Waals surface area contributed by atoms with Crippen LogP contribution in [0, 0.1) is 5.41 Å². The second kappa shape index (κ2) is 4.79. The quantitative estimate of drug-likeness (QED) is 0.499. The largest absolute Gasteiger partial charge is 0.498 e. The Morgan fingerprint density at radius 2 is 1.75 bits per heavy atom. The third-order valence-corrected chi connectivity index (χ3v) is 4.12. The number of nitrogens with two attached hydrogens (primary N) is 1. The summed E-state index contributed by atoms with van der Waals surface area (Å²) in [5, 5.41) is 7.49. The van der Waals surface area contributed by atoms with Crippen molar-refractivity contribution in [3.05, 3.63) is 17.7 Å². The first kappa shape index (κ1) is 14.9. The molecule has 1 saturated heterocycles. The average Bonchev–Trinajstić information content (AvgIpc) is 2.57. The van der Waals surface area contributed by atoms with E-state index in [1.165, 1.54) is 6.21 Å². The van der Waals surface area contributed by atoms with Crippen molar-refractivity contribution in [2.24, 2.45) is 0 Å². The lowest BCUT2D eigenvalue weighted by atomic mass is 9.77. The maximum absolute atomic E-state index is 7.49.